The quantitative estimate of drug-likeness (QED) is 0.339. The predicted molar refractivity (Wildman–Crippen MR) is 131 cm³/mol. The van der Waals surface area contributed by atoms with E-state index in [1.807, 2.05) is 18.2 Å². The van der Waals surface area contributed by atoms with Gasteiger partial charge in [0.25, 0.3) is 0 Å². The molecule has 0 spiro atoms. The third kappa shape index (κ3) is 4.61. The molecule has 0 fully saturated rings. The molecule has 0 aliphatic carbocycles. The van der Waals surface area contributed by atoms with E-state index in [4.69, 9.17) is 0 Å². The molecule has 0 saturated heterocycles. The van der Waals surface area contributed by atoms with E-state index in [0.29, 0.717) is 12.0 Å². The Labute approximate surface area is 195 Å². The fourth-order valence-corrected chi connectivity index (χ4v) is 3.86. The minimum absolute atomic E-state index is 0.0463. The van der Waals surface area contributed by atoms with Crippen LogP contribution in [0.4, 0.5) is 0 Å². The summed E-state index contributed by atoms with van der Waals surface area (Å²) in [7, 11) is 6.86. The molecule has 4 rings (SSSR count). The Kier molecular flexibility index (Phi) is 6.71. The highest BCUT2D eigenvalue weighted by Crippen LogP contribution is 2.16. The average molecular weight is 466 g/mol. The van der Waals surface area contributed by atoms with Crippen LogP contribution >= 0.6 is 0 Å². The van der Waals surface area contributed by atoms with E-state index in [0.717, 1.165) is 27.6 Å². The van der Waals surface area contributed by atoms with Gasteiger partial charge in [-0.15, -0.1) is 0 Å². The fourth-order valence-electron chi connectivity index (χ4n) is 3.86. The molecule has 10 heteroatoms. The average Bonchev–Trinajstić information content (AvgIpc) is 3.13. The van der Waals surface area contributed by atoms with E-state index in [9.17, 15) is 24.5 Å². The molecule has 2 aromatic heterocycles. The summed E-state index contributed by atoms with van der Waals surface area (Å²) < 4.78 is 6.27. The molecule has 0 saturated carbocycles. The van der Waals surface area contributed by atoms with E-state index < -0.39 is 4.92 Å². The Morgan fingerprint density at radius 2 is 1.29 bits per heavy atom. The first-order valence-electron chi connectivity index (χ1n) is 10.5. The van der Waals surface area contributed by atoms with Crippen molar-refractivity contribution in [1.82, 2.24) is 18.3 Å². The maximum Gasteiger partial charge on any atom is 0.328 e. The van der Waals surface area contributed by atoms with Gasteiger partial charge in [-0.1, -0.05) is 12.1 Å². The van der Waals surface area contributed by atoms with Crippen LogP contribution in [0.5, 0.6) is 0 Å². The van der Waals surface area contributed by atoms with Crippen LogP contribution in [0.3, 0.4) is 0 Å². The number of allylic oxidation sites excluding steroid dienone is 1. The van der Waals surface area contributed by atoms with Gasteiger partial charge in [-0.25, -0.2) is 9.59 Å². The minimum atomic E-state index is -0.436. The number of imidazole rings is 2. The van der Waals surface area contributed by atoms with Gasteiger partial charge in [0.2, 0.25) is 5.70 Å². The highest BCUT2D eigenvalue weighted by Gasteiger charge is 2.10. The Morgan fingerprint density at radius 1 is 0.824 bits per heavy atom. The van der Waals surface area contributed by atoms with E-state index in [-0.39, 0.29) is 22.9 Å². The van der Waals surface area contributed by atoms with Crippen LogP contribution in [-0.2, 0) is 39.4 Å². The molecule has 2 heterocycles. The number of carbonyl (C=O) groups is 1. The van der Waals surface area contributed by atoms with Crippen LogP contribution in [0.2, 0.25) is 0 Å². The zero-order valence-electron chi connectivity index (χ0n) is 20.0. The number of benzene rings is 2. The topological polar surface area (TPSA) is 114 Å². The summed E-state index contributed by atoms with van der Waals surface area (Å²) in [5.41, 5.74) is 4.87. The van der Waals surface area contributed by atoms with E-state index >= 15 is 0 Å². The third-order valence-corrected chi connectivity index (χ3v) is 5.75. The molecule has 0 amide bonds. The monoisotopic (exact) mass is 465 g/mol. The van der Waals surface area contributed by atoms with Gasteiger partial charge in [0, 0.05) is 47.6 Å². The largest absolute Gasteiger partial charge is 0.328 e. The molecule has 0 aliphatic heterocycles. The summed E-state index contributed by atoms with van der Waals surface area (Å²) in [6.07, 6.45) is 1.90. The molecule has 34 heavy (non-hydrogen) atoms. The number of rotatable bonds is 4. The van der Waals surface area contributed by atoms with Crippen molar-refractivity contribution >= 4 is 33.9 Å². The van der Waals surface area contributed by atoms with Gasteiger partial charge < -0.3 is 0 Å². The van der Waals surface area contributed by atoms with Gasteiger partial charge >= 0.3 is 11.4 Å². The number of aromatic nitrogens is 4. The van der Waals surface area contributed by atoms with Crippen molar-refractivity contribution in [3.05, 3.63) is 84.3 Å². The van der Waals surface area contributed by atoms with Crippen molar-refractivity contribution in [3.8, 4) is 0 Å². The standard InChI is InChI=1S/C12H13N3O3.C12H14N2O2/c1-8(15(17)18)6-9-4-5-10-11(7-9)14(3)12(16)13(10)2;1-8(15)6-9-4-5-10-11(7-9)14(3)12(16)13(10)2/h4-7H,1-3H3;4-5,7H,6H2,1-3H3. The molecular weight excluding hydrogens is 438 g/mol. The number of nitrogens with zero attached hydrogens (tertiary/aromatic N) is 5. The molecule has 0 atom stereocenters. The Morgan fingerprint density at radius 3 is 1.79 bits per heavy atom. The molecule has 0 N–H and O–H groups in total. The molecular formula is C24H27N5O5. The summed E-state index contributed by atoms with van der Waals surface area (Å²) in [5, 5.41) is 10.6. The normalized spacial score (nSPS) is 11.5. The van der Waals surface area contributed by atoms with E-state index in [1.54, 1.807) is 67.0 Å². The van der Waals surface area contributed by atoms with Gasteiger partial charge in [-0.3, -0.25) is 33.2 Å². The number of nitro groups is 1. The first-order valence-corrected chi connectivity index (χ1v) is 10.5. The lowest BCUT2D eigenvalue weighted by Gasteiger charge is -1.99. The van der Waals surface area contributed by atoms with Gasteiger partial charge in [-0.05, 0) is 42.3 Å². The number of carbonyl (C=O) groups excluding carboxylic acids is 1. The van der Waals surface area contributed by atoms with E-state index in [1.165, 1.54) is 17.6 Å². The molecule has 0 unspecified atom stereocenters. The van der Waals surface area contributed by atoms with Gasteiger partial charge in [0.15, 0.2) is 0 Å². The highest BCUT2D eigenvalue weighted by molar-refractivity contribution is 5.82. The van der Waals surface area contributed by atoms with Crippen molar-refractivity contribution in [2.75, 3.05) is 0 Å². The zero-order valence-corrected chi connectivity index (χ0v) is 20.0. The van der Waals surface area contributed by atoms with Crippen molar-refractivity contribution in [2.24, 2.45) is 28.2 Å². The first kappa shape index (κ1) is 24.4. The number of hydrogen-bond acceptors (Lipinski definition) is 5. The van der Waals surface area contributed by atoms with Crippen LogP contribution in [0.25, 0.3) is 28.1 Å². The van der Waals surface area contributed by atoms with Crippen molar-refractivity contribution < 1.29 is 9.72 Å². The van der Waals surface area contributed by atoms with Crippen molar-refractivity contribution in [1.29, 1.82) is 0 Å². The number of Topliss-reactive ketones (excluding diaryl/α,β-unsaturated/α-hetero) is 1. The van der Waals surface area contributed by atoms with Gasteiger partial charge in [-0.2, -0.15) is 0 Å². The lowest BCUT2D eigenvalue weighted by molar-refractivity contribution is -0.422. The molecule has 10 nitrogen and oxygen atoms in total. The molecule has 2 aromatic carbocycles. The molecule has 0 radical (unpaired) electrons. The van der Waals surface area contributed by atoms with Crippen LogP contribution in [0, 0.1) is 10.1 Å². The smallest absolute Gasteiger partial charge is 0.300 e. The number of ketones is 1. The molecule has 0 bridgehead atoms. The predicted octanol–water partition coefficient (Wildman–Crippen LogP) is 2.52. The summed E-state index contributed by atoms with van der Waals surface area (Å²) in [6, 6.07) is 11.0. The minimum Gasteiger partial charge on any atom is -0.300 e. The Bertz CT molecular complexity index is 1580. The van der Waals surface area contributed by atoms with Crippen LogP contribution in [-0.4, -0.2) is 29.0 Å². The summed E-state index contributed by atoms with van der Waals surface area (Å²) >= 11 is 0. The van der Waals surface area contributed by atoms with Gasteiger partial charge in [0.1, 0.15) is 5.78 Å². The lowest BCUT2D eigenvalue weighted by atomic mass is 10.1. The van der Waals surface area contributed by atoms with Crippen molar-refractivity contribution in [2.45, 2.75) is 20.3 Å². The second-order valence-electron chi connectivity index (χ2n) is 8.29. The van der Waals surface area contributed by atoms with Gasteiger partial charge in [0.05, 0.1) is 27.0 Å². The first-order chi connectivity index (χ1) is 15.9. The summed E-state index contributed by atoms with van der Waals surface area (Å²) in [5.74, 6) is 0.125. The summed E-state index contributed by atoms with van der Waals surface area (Å²) in [4.78, 5) is 44.6. The molecule has 4 aromatic rings. The molecule has 178 valence electrons. The second kappa shape index (κ2) is 9.34. The Balaban J connectivity index is 0.000000192. The van der Waals surface area contributed by atoms with E-state index in [2.05, 4.69) is 0 Å². The highest BCUT2D eigenvalue weighted by atomic mass is 16.6. The lowest BCUT2D eigenvalue weighted by Crippen LogP contribution is -2.19. The number of aryl methyl sites for hydroxylation is 4. The zero-order chi connectivity index (χ0) is 25.3. The van der Waals surface area contributed by atoms with Crippen LogP contribution in [0.1, 0.15) is 25.0 Å². The SMILES string of the molecule is CC(=Cc1ccc2c(c1)n(C)c(=O)n2C)[N+](=O)[O-].CC(=O)Cc1ccc2c(c1)n(C)c(=O)n2C. The van der Waals surface area contributed by atoms with Crippen LogP contribution < -0.4 is 11.4 Å². The third-order valence-electron chi connectivity index (χ3n) is 5.75. The maximum atomic E-state index is 11.7. The molecule has 0 aliphatic rings. The second-order valence-corrected chi connectivity index (χ2v) is 8.29. The number of fused-ring (bicyclic) bond motifs is 2. The maximum absolute atomic E-state index is 11.7. The van der Waals surface area contributed by atoms with Crippen LogP contribution in [0.15, 0.2) is 51.7 Å². The Hall–Kier alpha value is -4.21. The number of hydrogen-bond donors (Lipinski definition) is 0. The van der Waals surface area contributed by atoms with Crippen molar-refractivity contribution in [3.63, 3.8) is 0 Å². The fraction of sp³-hybridized carbons (Fsp3) is 0.292. The summed E-state index contributed by atoms with van der Waals surface area (Å²) in [6.45, 7) is 3.00.